The summed E-state index contributed by atoms with van der Waals surface area (Å²) in [6, 6.07) is 0. The van der Waals surface area contributed by atoms with Gasteiger partial charge in [-0.3, -0.25) is 9.59 Å². The zero-order valence-corrected chi connectivity index (χ0v) is 19.6. The van der Waals surface area contributed by atoms with Crippen molar-refractivity contribution < 1.29 is 19.8 Å². The molecule has 0 bridgehead atoms. The summed E-state index contributed by atoms with van der Waals surface area (Å²) in [5.74, 6) is -3.05. The average molecular weight is 417 g/mol. The van der Waals surface area contributed by atoms with Crippen molar-refractivity contribution >= 4 is 35.5 Å². The second-order valence-electron chi connectivity index (χ2n) is 10.9. The monoisotopic (exact) mass is 416 g/mol. The van der Waals surface area contributed by atoms with Gasteiger partial charge >= 0.3 is 11.9 Å². The Labute approximate surface area is 172 Å². The quantitative estimate of drug-likeness (QED) is 0.586. The molecule has 0 atom stereocenters. The van der Waals surface area contributed by atoms with Crippen molar-refractivity contribution in [1.29, 1.82) is 0 Å². The van der Waals surface area contributed by atoms with Gasteiger partial charge in [0.15, 0.2) is 5.41 Å². The summed E-state index contributed by atoms with van der Waals surface area (Å²) < 4.78 is -0.567. The maximum Gasteiger partial charge on any atom is 0.321 e. The average Bonchev–Trinajstić information content (AvgIpc) is 2.29. The van der Waals surface area contributed by atoms with Crippen LogP contribution in [0.3, 0.4) is 0 Å². The van der Waals surface area contributed by atoms with E-state index in [1.54, 1.807) is 0 Å². The maximum absolute atomic E-state index is 12.7. The molecule has 156 valence electrons. The minimum atomic E-state index is -1.73. The lowest BCUT2D eigenvalue weighted by molar-refractivity contribution is -0.177. The van der Waals surface area contributed by atoms with Crippen LogP contribution in [0.15, 0.2) is 0 Å². The van der Waals surface area contributed by atoms with Gasteiger partial charge in [0, 0.05) is 19.0 Å². The number of hydrogen-bond donors (Lipinski definition) is 2. The normalized spacial score (nSPS) is 27.9. The number of carboxylic acids is 2. The van der Waals surface area contributed by atoms with Crippen molar-refractivity contribution in [3.8, 4) is 0 Å². The van der Waals surface area contributed by atoms with Crippen LogP contribution < -0.4 is 0 Å². The van der Waals surface area contributed by atoms with E-state index in [1.807, 2.05) is 23.5 Å². The Bertz CT molecular complexity index is 536. The fourth-order valence-electron chi connectivity index (χ4n) is 5.95. The Morgan fingerprint density at radius 3 is 1.07 bits per heavy atom. The van der Waals surface area contributed by atoms with Crippen LogP contribution in [0.4, 0.5) is 0 Å². The van der Waals surface area contributed by atoms with Crippen molar-refractivity contribution in [2.24, 2.45) is 17.3 Å². The Morgan fingerprint density at radius 2 is 0.889 bits per heavy atom. The predicted octanol–water partition coefficient (Wildman–Crippen LogP) is 5.54. The standard InChI is InChI=1S/C21H36O4S2/c1-17(2)9-13(10-18(3,4)26-17)21(15(22)23,16(24)25)14-11-19(5,6)27-20(7,8)12-14/h13-14H,9-12H2,1-8H3,(H,22,23)(H,24,25). The summed E-state index contributed by atoms with van der Waals surface area (Å²) in [7, 11) is 0. The van der Waals surface area contributed by atoms with Crippen LogP contribution in [-0.2, 0) is 9.59 Å². The van der Waals surface area contributed by atoms with Crippen LogP contribution >= 0.6 is 23.5 Å². The third-order valence-corrected chi connectivity index (χ3v) is 8.93. The zero-order valence-electron chi connectivity index (χ0n) is 18.0. The Kier molecular flexibility index (Phi) is 5.82. The van der Waals surface area contributed by atoms with E-state index in [-0.39, 0.29) is 30.8 Å². The number of carboxylic acid groups (broad SMARTS) is 2. The SMILES string of the molecule is CC1(C)CC(C(C(=O)O)(C(=O)O)C2CC(C)(C)SC(C)(C)C2)CC(C)(C)S1. The molecule has 2 aliphatic heterocycles. The van der Waals surface area contributed by atoms with E-state index in [1.165, 1.54) is 0 Å². The molecule has 2 rings (SSSR count). The van der Waals surface area contributed by atoms with E-state index >= 15 is 0 Å². The fraction of sp³-hybridized carbons (Fsp3) is 0.905. The van der Waals surface area contributed by atoms with Crippen molar-refractivity contribution in [3.05, 3.63) is 0 Å². The molecule has 0 aromatic rings. The van der Waals surface area contributed by atoms with Gasteiger partial charge < -0.3 is 10.2 Å². The van der Waals surface area contributed by atoms with Gasteiger partial charge in [0.1, 0.15) is 0 Å². The van der Waals surface area contributed by atoms with Gasteiger partial charge in [-0.25, -0.2) is 0 Å². The zero-order chi connectivity index (χ0) is 21.1. The highest BCUT2D eigenvalue weighted by atomic mass is 32.2. The first-order chi connectivity index (χ1) is 11.9. The van der Waals surface area contributed by atoms with Crippen LogP contribution in [0, 0.1) is 17.3 Å². The van der Waals surface area contributed by atoms with Crippen molar-refractivity contribution in [2.45, 2.75) is 100 Å². The first-order valence-corrected chi connectivity index (χ1v) is 11.4. The first kappa shape index (κ1) is 22.9. The fourth-order valence-corrected chi connectivity index (χ4v) is 10.1. The molecule has 2 N–H and O–H groups in total. The van der Waals surface area contributed by atoms with Gasteiger partial charge in [0.25, 0.3) is 0 Å². The van der Waals surface area contributed by atoms with Crippen LogP contribution in [0.5, 0.6) is 0 Å². The second kappa shape index (κ2) is 6.86. The topological polar surface area (TPSA) is 74.6 Å². The molecule has 6 heteroatoms. The lowest BCUT2D eigenvalue weighted by Crippen LogP contribution is -2.58. The smallest absolute Gasteiger partial charge is 0.321 e. The molecule has 2 heterocycles. The van der Waals surface area contributed by atoms with Gasteiger partial charge in [-0.15, -0.1) is 23.5 Å². The van der Waals surface area contributed by atoms with Crippen LogP contribution in [0.2, 0.25) is 0 Å². The third kappa shape index (κ3) is 4.63. The minimum Gasteiger partial charge on any atom is -0.480 e. The summed E-state index contributed by atoms with van der Waals surface area (Å²) in [4.78, 5) is 25.4. The van der Waals surface area contributed by atoms with Crippen molar-refractivity contribution in [3.63, 3.8) is 0 Å². The first-order valence-electron chi connectivity index (χ1n) is 9.80. The largest absolute Gasteiger partial charge is 0.480 e. The number of carbonyl (C=O) groups is 2. The molecule has 0 aliphatic carbocycles. The molecule has 0 amide bonds. The third-order valence-electron chi connectivity index (χ3n) is 6.05. The minimum absolute atomic E-state index is 0.142. The highest BCUT2D eigenvalue weighted by Gasteiger charge is 2.63. The molecule has 2 fully saturated rings. The van der Waals surface area contributed by atoms with Gasteiger partial charge in [0.2, 0.25) is 0 Å². The predicted molar refractivity (Wildman–Crippen MR) is 115 cm³/mol. The van der Waals surface area contributed by atoms with E-state index < -0.39 is 17.4 Å². The summed E-state index contributed by atoms with van der Waals surface area (Å²) in [5, 5.41) is 20.8. The molecule has 0 aromatic carbocycles. The molecule has 0 aromatic heterocycles. The summed E-state index contributed by atoms with van der Waals surface area (Å²) in [5.41, 5.74) is -1.73. The lowest BCUT2D eigenvalue weighted by atomic mass is 9.58. The molecular formula is C21H36O4S2. The van der Waals surface area contributed by atoms with Crippen LogP contribution in [-0.4, -0.2) is 41.1 Å². The molecule has 0 unspecified atom stereocenters. The summed E-state index contributed by atoms with van der Waals surface area (Å²) in [6.45, 7) is 16.9. The molecular weight excluding hydrogens is 380 g/mol. The maximum atomic E-state index is 12.7. The molecule has 0 radical (unpaired) electrons. The van der Waals surface area contributed by atoms with Gasteiger partial charge in [0.05, 0.1) is 0 Å². The van der Waals surface area contributed by atoms with Gasteiger partial charge in [-0.2, -0.15) is 0 Å². The number of aliphatic carboxylic acids is 2. The van der Waals surface area contributed by atoms with Gasteiger partial charge in [-0.05, 0) is 37.5 Å². The second-order valence-corrected chi connectivity index (χ2v) is 15.8. The van der Waals surface area contributed by atoms with Crippen LogP contribution in [0.25, 0.3) is 0 Å². The van der Waals surface area contributed by atoms with Crippen LogP contribution in [0.1, 0.15) is 81.1 Å². The molecule has 2 saturated heterocycles. The number of rotatable bonds is 4. The molecule has 0 saturated carbocycles. The summed E-state index contributed by atoms with van der Waals surface area (Å²) in [6.07, 6.45) is 2.46. The Morgan fingerprint density at radius 1 is 0.667 bits per heavy atom. The molecule has 27 heavy (non-hydrogen) atoms. The number of hydrogen-bond acceptors (Lipinski definition) is 4. The van der Waals surface area contributed by atoms with E-state index in [9.17, 15) is 19.8 Å². The summed E-state index contributed by atoms with van der Waals surface area (Å²) >= 11 is 3.69. The highest BCUT2D eigenvalue weighted by Crippen LogP contribution is 2.61. The van der Waals surface area contributed by atoms with E-state index in [4.69, 9.17) is 0 Å². The molecule has 2 aliphatic rings. The molecule has 4 nitrogen and oxygen atoms in total. The van der Waals surface area contributed by atoms with Gasteiger partial charge in [-0.1, -0.05) is 55.4 Å². The number of thioether (sulfide) groups is 2. The molecule has 0 spiro atoms. The Hall–Kier alpha value is -0.360. The van der Waals surface area contributed by atoms with E-state index in [0.717, 1.165) is 0 Å². The lowest BCUT2D eigenvalue weighted by Gasteiger charge is -2.54. The van der Waals surface area contributed by atoms with Crippen molar-refractivity contribution in [2.75, 3.05) is 0 Å². The van der Waals surface area contributed by atoms with Crippen molar-refractivity contribution in [1.82, 2.24) is 0 Å². The Balaban J connectivity index is 2.60. The van der Waals surface area contributed by atoms with E-state index in [2.05, 4.69) is 55.4 Å². The van der Waals surface area contributed by atoms with E-state index in [0.29, 0.717) is 25.7 Å². The highest BCUT2D eigenvalue weighted by molar-refractivity contribution is 8.02.